The highest BCUT2D eigenvalue weighted by Crippen LogP contribution is 2.39. The molecule has 2 heteroatoms. The van der Waals surface area contributed by atoms with Crippen LogP contribution in [0.1, 0.15) is 43.7 Å². The molecule has 2 rings (SSSR count). The molecule has 1 aliphatic carbocycles. The Bertz CT molecular complexity index is 421. The van der Waals surface area contributed by atoms with E-state index in [0.29, 0.717) is 24.7 Å². The molecule has 1 aromatic carbocycles. The van der Waals surface area contributed by atoms with Gasteiger partial charge >= 0.3 is 0 Å². The lowest BCUT2D eigenvalue weighted by Gasteiger charge is -2.33. The average molecular weight is 231 g/mol. The Balaban J connectivity index is 2.03. The molecule has 0 saturated heterocycles. The molecule has 0 amide bonds. The largest absolute Gasteiger partial charge is 0.329 e. The lowest BCUT2D eigenvalue weighted by Crippen LogP contribution is -2.37. The highest BCUT2D eigenvalue weighted by atomic mass is 16.1. The third-order valence-corrected chi connectivity index (χ3v) is 4.30. The highest BCUT2D eigenvalue weighted by Gasteiger charge is 2.34. The zero-order chi connectivity index (χ0) is 12.5. The average Bonchev–Trinajstić information content (AvgIpc) is 2.34. The molecular formula is C15H21NO. The van der Waals surface area contributed by atoms with Crippen molar-refractivity contribution in [3.05, 3.63) is 35.4 Å². The quantitative estimate of drug-likeness (QED) is 0.846. The van der Waals surface area contributed by atoms with Crippen molar-refractivity contribution in [1.29, 1.82) is 0 Å². The monoisotopic (exact) mass is 231 g/mol. The maximum absolute atomic E-state index is 12.3. The van der Waals surface area contributed by atoms with E-state index in [0.717, 1.165) is 12.8 Å². The predicted molar refractivity (Wildman–Crippen MR) is 70.0 cm³/mol. The van der Waals surface area contributed by atoms with E-state index < -0.39 is 0 Å². The Labute approximate surface area is 103 Å². The van der Waals surface area contributed by atoms with Crippen LogP contribution in [0.3, 0.4) is 0 Å². The van der Waals surface area contributed by atoms with Crippen LogP contribution in [0.2, 0.25) is 0 Å². The van der Waals surface area contributed by atoms with Crippen molar-refractivity contribution in [1.82, 2.24) is 0 Å². The van der Waals surface area contributed by atoms with Crippen LogP contribution in [0.25, 0.3) is 0 Å². The highest BCUT2D eigenvalue weighted by molar-refractivity contribution is 5.85. The van der Waals surface area contributed by atoms with Gasteiger partial charge in [0.05, 0.1) is 0 Å². The molecular weight excluding hydrogens is 210 g/mol. The number of ketones is 1. The fourth-order valence-corrected chi connectivity index (χ4v) is 2.47. The van der Waals surface area contributed by atoms with Gasteiger partial charge in [-0.3, -0.25) is 4.79 Å². The van der Waals surface area contributed by atoms with Gasteiger partial charge < -0.3 is 5.73 Å². The van der Waals surface area contributed by atoms with Crippen molar-refractivity contribution < 1.29 is 4.79 Å². The van der Waals surface area contributed by atoms with Gasteiger partial charge in [0.2, 0.25) is 0 Å². The molecule has 2 atom stereocenters. The lowest BCUT2D eigenvalue weighted by molar-refractivity contribution is -0.128. The number of fused-ring (bicyclic) bond motifs is 1. The van der Waals surface area contributed by atoms with Gasteiger partial charge in [-0.2, -0.15) is 0 Å². The van der Waals surface area contributed by atoms with Gasteiger partial charge in [-0.25, -0.2) is 0 Å². The smallest absolute Gasteiger partial charge is 0.140 e. The number of Topliss-reactive ketones (excluding diaryl/α,β-unsaturated/α-hetero) is 1. The summed E-state index contributed by atoms with van der Waals surface area (Å²) in [6.45, 7) is 4.48. The van der Waals surface area contributed by atoms with Crippen LogP contribution in [-0.2, 0) is 11.2 Å². The van der Waals surface area contributed by atoms with Crippen molar-refractivity contribution in [3.8, 4) is 0 Å². The maximum atomic E-state index is 12.3. The molecule has 0 aliphatic heterocycles. The molecule has 0 radical (unpaired) electrons. The molecule has 1 aliphatic rings. The van der Waals surface area contributed by atoms with Crippen LogP contribution in [-0.4, -0.2) is 12.3 Å². The first-order chi connectivity index (χ1) is 8.10. The minimum absolute atomic E-state index is 0.321. The summed E-state index contributed by atoms with van der Waals surface area (Å²) in [5.74, 6) is 0.748. The fourth-order valence-electron chi connectivity index (χ4n) is 2.47. The zero-order valence-electron chi connectivity index (χ0n) is 10.7. The molecule has 92 valence electrons. The zero-order valence-corrected chi connectivity index (χ0v) is 10.7. The Hall–Kier alpha value is -1.15. The second-order valence-electron chi connectivity index (χ2n) is 5.35. The van der Waals surface area contributed by atoms with Gasteiger partial charge in [-0.1, -0.05) is 38.1 Å². The number of benzene rings is 1. The molecule has 17 heavy (non-hydrogen) atoms. The second-order valence-corrected chi connectivity index (χ2v) is 5.35. The Morgan fingerprint density at radius 3 is 2.76 bits per heavy atom. The van der Waals surface area contributed by atoms with E-state index in [1.165, 1.54) is 11.1 Å². The van der Waals surface area contributed by atoms with Crippen LogP contribution >= 0.6 is 0 Å². The van der Waals surface area contributed by atoms with Gasteiger partial charge in [0.1, 0.15) is 5.78 Å². The summed E-state index contributed by atoms with van der Waals surface area (Å²) >= 11 is 0. The standard InChI is InChI=1S/C15H21NO/c1-3-15(2,10-16)14(17)9-12-8-11-6-4-5-7-13(11)12/h4-7,12H,3,8-10,16H2,1-2H3. The summed E-state index contributed by atoms with van der Waals surface area (Å²) in [5, 5.41) is 0. The van der Waals surface area contributed by atoms with Crippen LogP contribution < -0.4 is 5.73 Å². The van der Waals surface area contributed by atoms with Crippen molar-refractivity contribution in [2.24, 2.45) is 11.1 Å². The lowest BCUT2D eigenvalue weighted by atomic mass is 9.71. The molecule has 0 heterocycles. The van der Waals surface area contributed by atoms with Crippen LogP contribution in [0.5, 0.6) is 0 Å². The molecule has 0 spiro atoms. The number of carbonyl (C=O) groups excluding carboxylic acids is 1. The van der Waals surface area contributed by atoms with Gasteiger partial charge in [-0.05, 0) is 29.9 Å². The third kappa shape index (κ3) is 2.14. The molecule has 2 nitrogen and oxygen atoms in total. The number of hydrogen-bond acceptors (Lipinski definition) is 2. The molecule has 2 N–H and O–H groups in total. The minimum Gasteiger partial charge on any atom is -0.329 e. The first-order valence-electron chi connectivity index (χ1n) is 6.42. The minimum atomic E-state index is -0.329. The first-order valence-corrected chi connectivity index (χ1v) is 6.42. The molecule has 2 unspecified atom stereocenters. The van der Waals surface area contributed by atoms with Gasteiger partial charge in [-0.15, -0.1) is 0 Å². The fraction of sp³-hybridized carbons (Fsp3) is 0.533. The van der Waals surface area contributed by atoms with E-state index in [1.54, 1.807) is 0 Å². The molecule has 0 saturated carbocycles. The van der Waals surface area contributed by atoms with Crippen molar-refractivity contribution in [2.45, 2.75) is 39.0 Å². The van der Waals surface area contributed by atoms with E-state index in [9.17, 15) is 4.79 Å². The number of carbonyl (C=O) groups is 1. The second kappa shape index (κ2) is 4.61. The van der Waals surface area contributed by atoms with Crippen LogP contribution in [0, 0.1) is 5.41 Å². The summed E-state index contributed by atoms with van der Waals surface area (Å²) in [6, 6.07) is 8.41. The molecule has 0 bridgehead atoms. The predicted octanol–water partition coefficient (Wildman–Crippen LogP) is 2.66. The Morgan fingerprint density at radius 1 is 1.47 bits per heavy atom. The first kappa shape index (κ1) is 12.3. The summed E-state index contributed by atoms with van der Waals surface area (Å²) in [7, 11) is 0. The van der Waals surface area contributed by atoms with Crippen LogP contribution in [0.4, 0.5) is 0 Å². The van der Waals surface area contributed by atoms with E-state index in [4.69, 9.17) is 5.73 Å². The van der Waals surface area contributed by atoms with E-state index in [-0.39, 0.29) is 5.41 Å². The Morgan fingerprint density at radius 2 is 2.18 bits per heavy atom. The molecule has 1 aromatic rings. The van der Waals surface area contributed by atoms with Crippen molar-refractivity contribution in [3.63, 3.8) is 0 Å². The van der Waals surface area contributed by atoms with Gasteiger partial charge in [0.25, 0.3) is 0 Å². The van der Waals surface area contributed by atoms with Gasteiger partial charge in [0.15, 0.2) is 0 Å². The third-order valence-electron chi connectivity index (χ3n) is 4.30. The summed E-state index contributed by atoms with van der Waals surface area (Å²) in [5.41, 5.74) is 8.16. The normalized spacial score (nSPS) is 21.2. The summed E-state index contributed by atoms with van der Waals surface area (Å²) in [4.78, 5) is 12.3. The van der Waals surface area contributed by atoms with E-state index in [2.05, 4.69) is 24.3 Å². The maximum Gasteiger partial charge on any atom is 0.140 e. The SMILES string of the molecule is CCC(C)(CN)C(=O)CC1Cc2ccccc21. The topological polar surface area (TPSA) is 43.1 Å². The molecule has 0 aromatic heterocycles. The number of nitrogens with two attached hydrogens (primary N) is 1. The number of hydrogen-bond donors (Lipinski definition) is 1. The summed E-state index contributed by atoms with van der Waals surface area (Å²) in [6.07, 6.45) is 2.53. The van der Waals surface area contributed by atoms with E-state index >= 15 is 0 Å². The van der Waals surface area contributed by atoms with Crippen LogP contribution in [0.15, 0.2) is 24.3 Å². The van der Waals surface area contributed by atoms with Crippen molar-refractivity contribution >= 4 is 5.78 Å². The van der Waals surface area contributed by atoms with Gasteiger partial charge in [0, 0.05) is 18.4 Å². The Kier molecular flexibility index (Phi) is 3.34. The van der Waals surface area contributed by atoms with Crippen molar-refractivity contribution in [2.75, 3.05) is 6.54 Å². The summed E-state index contributed by atoms with van der Waals surface area (Å²) < 4.78 is 0. The number of rotatable bonds is 5. The molecule has 0 fully saturated rings. The van der Waals surface area contributed by atoms with E-state index in [1.807, 2.05) is 13.8 Å².